The number of halogens is 12. The van der Waals surface area contributed by atoms with Gasteiger partial charge in [-0.05, 0) is 0 Å². The van der Waals surface area contributed by atoms with Gasteiger partial charge in [-0.15, -0.1) is 0 Å². The molecule has 0 spiro atoms. The summed E-state index contributed by atoms with van der Waals surface area (Å²) in [7, 11) is 0. The molecule has 3 aromatic heterocycles. The van der Waals surface area contributed by atoms with Crippen molar-refractivity contribution in [2.45, 2.75) is 59.3 Å². The topological polar surface area (TPSA) is 79.6 Å². The molecule has 3 aliphatic rings. The van der Waals surface area contributed by atoms with E-state index in [0.29, 0.717) is 19.3 Å². The Morgan fingerprint density at radius 2 is 0.646 bits per heavy atom. The Balaban J connectivity index is 1.36. The third kappa shape index (κ3) is 10.3. The van der Waals surface area contributed by atoms with Crippen molar-refractivity contribution in [2.75, 3.05) is 19.8 Å². The molecule has 0 atom stereocenters. The maximum atomic E-state index is 16.9. The SMILES string of the molecule is CCCCOc1c(F)c(F)c(C(=C2C=CC=N2)c2ccc[n]2[In]([n]2cccc2C(=C2C=CC=N2)c2c(F)c(F)c(OCCCC)c(F)c2F)[n]2cccc2C(=C2C=CC=N2)c2c(F)c(F)c(OCCCC)c(F)c2F)c(F)c1F. The van der Waals surface area contributed by atoms with Crippen LogP contribution in [0.5, 0.6) is 17.2 Å². The van der Waals surface area contributed by atoms with Crippen LogP contribution in [0.2, 0.25) is 0 Å². The first kappa shape index (κ1) is 56.1. The summed E-state index contributed by atoms with van der Waals surface area (Å²) in [5, 5.41) is 0. The van der Waals surface area contributed by atoms with Crippen molar-refractivity contribution in [3.8, 4) is 17.2 Å². The Morgan fingerprint density at radius 1 is 0.392 bits per heavy atom. The number of rotatable bonds is 21. The first-order valence-corrected chi connectivity index (χ1v) is 29.4. The Kier molecular flexibility index (Phi) is 17.2. The standard InChI is InChI=1S/3C19H15F4N2O.In/c3*1-2-3-10-26-19-17(22)15(20)14(16(21)18(19)23)13(11-6-4-8-24-11)12-7-5-9-25-12;/h3*4-9H,2-3,10H2,1H3;/q3*-1;+3. The van der Waals surface area contributed by atoms with E-state index >= 15 is 52.7 Å². The van der Waals surface area contributed by atoms with Gasteiger partial charge in [0.15, 0.2) is 0 Å². The molecular weight excluding hydrogens is 1160 g/mol. The predicted octanol–water partition coefficient (Wildman–Crippen LogP) is 14.4. The molecule has 6 heterocycles. The third-order valence-electron chi connectivity index (χ3n) is 12.9. The van der Waals surface area contributed by atoms with Crippen LogP contribution in [0.1, 0.15) is 93.1 Å². The van der Waals surface area contributed by atoms with Crippen LogP contribution in [-0.2, 0) is 0 Å². The molecule has 6 aromatic rings. The second kappa shape index (κ2) is 24.2. The Hall–Kier alpha value is -7.62. The average Bonchev–Trinajstić information content (AvgIpc) is 4.48. The van der Waals surface area contributed by atoms with Crippen LogP contribution in [0.15, 0.2) is 124 Å². The third-order valence-corrected chi connectivity index (χ3v) is 21.0. The van der Waals surface area contributed by atoms with Crippen LogP contribution in [0.4, 0.5) is 52.7 Å². The molecule has 0 aliphatic carbocycles. The van der Waals surface area contributed by atoms with Crippen molar-refractivity contribution in [1.29, 1.82) is 0 Å². The molecule has 0 unspecified atom stereocenters. The molecule has 408 valence electrons. The number of unbranched alkanes of at least 4 members (excludes halogenated alkanes) is 3. The average molecular weight is 1200 g/mol. The second-order valence-electron chi connectivity index (χ2n) is 17.9. The van der Waals surface area contributed by atoms with Gasteiger partial charge in [0, 0.05) is 0 Å². The fourth-order valence-electron chi connectivity index (χ4n) is 9.16. The number of allylic oxidation sites excluding steroid dienone is 6. The van der Waals surface area contributed by atoms with Gasteiger partial charge in [0.2, 0.25) is 0 Å². The van der Waals surface area contributed by atoms with Crippen LogP contribution in [0.3, 0.4) is 0 Å². The fourth-order valence-corrected chi connectivity index (χ4v) is 17.6. The summed E-state index contributed by atoms with van der Waals surface area (Å²) in [6.45, 7) is 4.36. The van der Waals surface area contributed by atoms with Gasteiger partial charge < -0.3 is 0 Å². The van der Waals surface area contributed by atoms with E-state index in [9.17, 15) is 0 Å². The molecule has 3 aromatic carbocycles. The predicted molar refractivity (Wildman–Crippen MR) is 276 cm³/mol. The quantitative estimate of drug-likeness (QED) is 0.0409. The van der Waals surface area contributed by atoms with Crippen molar-refractivity contribution < 1.29 is 66.9 Å². The van der Waals surface area contributed by atoms with Crippen molar-refractivity contribution in [3.63, 3.8) is 0 Å². The molecule has 9 rings (SSSR count). The van der Waals surface area contributed by atoms with E-state index in [2.05, 4.69) is 15.0 Å². The van der Waals surface area contributed by atoms with E-state index in [1.807, 2.05) is 0 Å². The number of aliphatic imine (C=N–C) groups is 3. The van der Waals surface area contributed by atoms with E-state index in [0.717, 1.165) is 0 Å². The van der Waals surface area contributed by atoms with Crippen molar-refractivity contribution in [1.82, 2.24) is 7.66 Å². The Morgan fingerprint density at radius 3 is 0.861 bits per heavy atom. The monoisotopic (exact) mass is 1200 g/mol. The minimum atomic E-state index is -5.35. The molecule has 3 aliphatic heterocycles. The normalized spacial score (nSPS) is 15.4. The van der Waals surface area contributed by atoms with Crippen molar-refractivity contribution in [3.05, 3.63) is 212 Å². The van der Waals surface area contributed by atoms with E-state index in [1.165, 1.54) is 118 Å². The van der Waals surface area contributed by atoms with Crippen molar-refractivity contribution in [2.24, 2.45) is 15.0 Å². The Bertz CT molecular complexity index is 3170. The molecule has 0 radical (unpaired) electrons. The van der Waals surface area contributed by atoms with E-state index in [-0.39, 0.29) is 73.3 Å². The minimum absolute atomic E-state index is 0.234. The van der Waals surface area contributed by atoms with Crippen LogP contribution < -0.4 is 14.2 Å². The molecule has 9 nitrogen and oxygen atoms in total. The first-order valence-electron chi connectivity index (χ1n) is 25.0. The molecular formula is C57H45F12InN6O3. The summed E-state index contributed by atoms with van der Waals surface area (Å²) in [4.78, 5) is 12.8. The molecule has 0 saturated heterocycles. The maximum absolute atomic E-state index is 16.9. The number of nitrogens with zero attached hydrogens (tertiary/aromatic N) is 6. The summed E-state index contributed by atoms with van der Waals surface area (Å²) in [6.07, 6.45) is 18.1. The van der Waals surface area contributed by atoms with Gasteiger partial charge in [0.1, 0.15) is 0 Å². The van der Waals surface area contributed by atoms with Crippen molar-refractivity contribution >= 4 is 57.7 Å². The zero-order valence-corrected chi connectivity index (χ0v) is 45.6. The molecule has 0 N–H and O–H groups in total. The Labute approximate surface area is 453 Å². The summed E-state index contributed by atoms with van der Waals surface area (Å²) >= 11 is -5.35. The summed E-state index contributed by atoms with van der Waals surface area (Å²) in [5.74, 6) is -26.6. The first-order chi connectivity index (χ1) is 38.2. The van der Waals surface area contributed by atoms with E-state index < -0.39 is 143 Å². The zero-order valence-electron chi connectivity index (χ0n) is 42.3. The number of hydrogen-bond acceptors (Lipinski definition) is 6. The van der Waals surface area contributed by atoms with Gasteiger partial charge in [-0.2, -0.15) is 0 Å². The van der Waals surface area contributed by atoms with Crippen LogP contribution in [0, 0.1) is 69.8 Å². The van der Waals surface area contributed by atoms with Crippen LogP contribution >= 0.6 is 0 Å². The summed E-state index contributed by atoms with van der Waals surface area (Å²) in [6, 6.07) is 8.01. The van der Waals surface area contributed by atoms with Gasteiger partial charge in [0.25, 0.3) is 0 Å². The molecule has 0 amide bonds. The number of ether oxygens (including phenoxy) is 3. The van der Waals surface area contributed by atoms with Gasteiger partial charge in [-0.25, -0.2) is 0 Å². The number of hydrogen-bond donors (Lipinski definition) is 0. The van der Waals surface area contributed by atoms with E-state index in [1.54, 1.807) is 20.8 Å². The fraction of sp³-hybridized carbons (Fsp3) is 0.211. The van der Waals surface area contributed by atoms with Gasteiger partial charge in [-0.3, -0.25) is 0 Å². The molecule has 0 fully saturated rings. The second-order valence-corrected chi connectivity index (χ2v) is 24.7. The van der Waals surface area contributed by atoms with Crippen LogP contribution in [0.25, 0.3) is 16.7 Å². The molecule has 0 saturated carbocycles. The van der Waals surface area contributed by atoms with Crippen LogP contribution in [-0.4, -0.2) is 68.4 Å². The van der Waals surface area contributed by atoms with Gasteiger partial charge in [0.05, 0.1) is 0 Å². The van der Waals surface area contributed by atoms with Gasteiger partial charge >= 0.3 is 456 Å². The molecule has 79 heavy (non-hydrogen) atoms. The summed E-state index contributed by atoms with van der Waals surface area (Å²) < 4.78 is 218. The van der Waals surface area contributed by atoms with Gasteiger partial charge in [-0.1, -0.05) is 0 Å². The zero-order chi connectivity index (χ0) is 56.2. The number of benzene rings is 3. The summed E-state index contributed by atoms with van der Waals surface area (Å²) in [5.41, 5.74) is -6.86. The molecule has 0 bridgehead atoms. The van der Waals surface area contributed by atoms with E-state index in [4.69, 9.17) is 14.2 Å². The molecule has 22 heteroatoms. The number of aromatic nitrogens is 3.